The summed E-state index contributed by atoms with van der Waals surface area (Å²) >= 11 is 2.35. The fourth-order valence-electron chi connectivity index (χ4n) is 2.82. The van der Waals surface area contributed by atoms with Crippen LogP contribution in [0, 0.1) is 17.2 Å². The van der Waals surface area contributed by atoms with E-state index in [2.05, 4.69) is 28.7 Å². The van der Waals surface area contributed by atoms with Gasteiger partial charge in [0.15, 0.2) is 0 Å². The minimum absolute atomic E-state index is 0.0529. The Morgan fingerprint density at radius 1 is 1.28 bits per heavy atom. The van der Waals surface area contributed by atoms with Crippen molar-refractivity contribution in [2.75, 3.05) is 13.1 Å². The van der Waals surface area contributed by atoms with Crippen LogP contribution in [0.4, 0.5) is 13.2 Å². The first-order chi connectivity index (χ1) is 8.34. The van der Waals surface area contributed by atoms with E-state index in [0.29, 0.717) is 12.5 Å². The first kappa shape index (κ1) is 14.4. The van der Waals surface area contributed by atoms with E-state index < -0.39 is 12.1 Å². The minimum atomic E-state index is -4.03. The molecule has 1 saturated carbocycles. The molecule has 0 N–H and O–H groups in total. The molecule has 1 saturated heterocycles. The molecule has 1 aliphatic heterocycles. The summed E-state index contributed by atoms with van der Waals surface area (Å²) in [4.78, 5) is 1.96. The van der Waals surface area contributed by atoms with Crippen LogP contribution in [-0.2, 0) is 0 Å². The van der Waals surface area contributed by atoms with Crippen LogP contribution in [0.5, 0.6) is 0 Å². The SMILES string of the molecule is N#CCC1(I)CCC(N2CC(C(F)(F)F)C2)CC1. The minimum Gasteiger partial charge on any atom is -0.299 e. The van der Waals surface area contributed by atoms with Gasteiger partial charge in [0, 0.05) is 29.0 Å². The Balaban J connectivity index is 1.78. The van der Waals surface area contributed by atoms with Crippen molar-refractivity contribution in [3.63, 3.8) is 0 Å². The molecular formula is C12H16F3IN2. The van der Waals surface area contributed by atoms with Crippen molar-refractivity contribution in [2.45, 2.75) is 47.7 Å². The number of alkyl halides is 4. The predicted octanol–water partition coefficient (Wildman–Crippen LogP) is 3.51. The van der Waals surface area contributed by atoms with E-state index in [4.69, 9.17) is 5.26 Å². The molecule has 0 radical (unpaired) electrons. The van der Waals surface area contributed by atoms with Gasteiger partial charge in [0.1, 0.15) is 0 Å². The second kappa shape index (κ2) is 5.16. The molecule has 1 aliphatic carbocycles. The van der Waals surface area contributed by atoms with E-state index >= 15 is 0 Å². The Bertz CT molecular complexity index is 336. The monoisotopic (exact) mass is 372 g/mol. The first-order valence-electron chi connectivity index (χ1n) is 6.21. The molecule has 18 heavy (non-hydrogen) atoms. The van der Waals surface area contributed by atoms with Crippen molar-refractivity contribution in [1.29, 1.82) is 5.26 Å². The summed E-state index contributed by atoms with van der Waals surface area (Å²) in [5, 5.41) is 8.75. The Kier molecular flexibility index (Phi) is 4.12. The highest BCUT2D eigenvalue weighted by molar-refractivity contribution is 14.1. The van der Waals surface area contributed by atoms with Crippen LogP contribution in [0.3, 0.4) is 0 Å². The number of nitriles is 1. The molecule has 0 aromatic heterocycles. The van der Waals surface area contributed by atoms with Gasteiger partial charge >= 0.3 is 6.18 Å². The van der Waals surface area contributed by atoms with E-state index in [1.165, 1.54) is 0 Å². The van der Waals surface area contributed by atoms with Gasteiger partial charge in [-0.1, -0.05) is 22.6 Å². The zero-order chi connectivity index (χ0) is 13.4. The van der Waals surface area contributed by atoms with Gasteiger partial charge in [0.2, 0.25) is 0 Å². The maximum absolute atomic E-state index is 12.4. The van der Waals surface area contributed by atoms with Gasteiger partial charge in [-0.05, 0) is 25.7 Å². The Morgan fingerprint density at radius 3 is 2.28 bits per heavy atom. The normalized spacial score (nSPS) is 34.9. The molecule has 0 bridgehead atoms. The lowest BCUT2D eigenvalue weighted by atomic mass is 9.81. The van der Waals surface area contributed by atoms with Crippen LogP contribution in [0.2, 0.25) is 0 Å². The summed E-state index contributed by atoms with van der Waals surface area (Å²) in [6.45, 7) is 0.335. The van der Waals surface area contributed by atoms with E-state index in [1.54, 1.807) is 0 Å². The standard InChI is InChI=1S/C12H16F3IN2/c13-12(14,15)9-7-18(8-9)10-1-3-11(16,4-2-10)5-6-17/h9-10H,1-5,7-8H2. The van der Waals surface area contributed by atoms with Gasteiger partial charge in [-0.3, -0.25) is 4.90 Å². The molecule has 0 unspecified atom stereocenters. The van der Waals surface area contributed by atoms with E-state index in [9.17, 15) is 13.2 Å². The van der Waals surface area contributed by atoms with E-state index in [-0.39, 0.29) is 16.5 Å². The van der Waals surface area contributed by atoms with Crippen molar-refractivity contribution in [3.8, 4) is 6.07 Å². The number of likely N-dealkylation sites (tertiary alicyclic amines) is 1. The Hall–Kier alpha value is -0.0300. The maximum atomic E-state index is 12.4. The number of rotatable bonds is 2. The summed E-state index contributed by atoms with van der Waals surface area (Å²) in [5.41, 5.74) is 0. The molecule has 102 valence electrons. The van der Waals surface area contributed by atoms with E-state index in [1.807, 2.05) is 4.90 Å². The predicted molar refractivity (Wildman–Crippen MR) is 70.4 cm³/mol. The van der Waals surface area contributed by atoms with Gasteiger partial charge in [0.25, 0.3) is 0 Å². The second-order valence-corrected chi connectivity index (χ2v) is 7.70. The molecule has 2 aliphatic rings. The summed E-state index contributed by atoms with van der Waals surface area (Å²) in [6.07, 6.45) is 0.257. The average molecular weight is 372 g/mol. The molecule has 2 nitrogen and oxygen atoms in total. The zero-order valence-corrected chi connectivity index (χ0v) is 12.2. The van der Waals surface area contributed by atoms with E-state index in [0.717, 1.165) is 25.7 Å². The third kappa shape index (κ3) is 3.10. The Labute approximate surface area is 119 Å². The molecule has 0 atom stereocenters. The quantitative estimate of drug-likeness (QED) is 0.548. The van der Waals surface area contributed by atoms with Crippen molar-refractivity contribution in [2.24, 2.45) is 5.92 Å². The first-order valence-corrected chi connectivity index (χ1v) is 7.28. The smallest absolute Gasteiger partial charge is 0.299 e. The van der Waals surface area contributed by atoms with Crippen LogP contribution in [0.1, 0.15) is 32.1 Å². The molecule has 2 fully saturated rings. The van der Waals surface area contributed by atoms with Gasteiger partial charge in [-0.25, -0.2) is 0 Å². The second-order valence-electron chi connectivity index (χ2n) is 5.41. The van der Waals surface area contributed by atoms with Crippen molar-refractivity contribution < 1.29 is 13.2 Å². The third-order valence-corrected chi connectivity index (χ3v) is 5.60. The zero-order valence-electron chi connectivity index (χ0n) is 10.0. The fraction of sp³-hybridized carbons (Fsp3) is 0.917. The molecule has 0 spiro atoms. The molecule has 1 heterocycles. The fourth-order valence-corrected chi connectivity index (χ4v) is 3.61. The van der Waals surface area contributed by atoms with Crippen LogP contribution in [0.25, 0.3) is 0 Å². The lowest BCUT2D eigenvalue weighted by Gasteiger charge is -2.48. The van der Waals surface area contributed by atoms with Gasteiger partial charge in [0.05, 0.1) is 12.0 Å². The molecule has 0 amide bonds. The van der Waals surface area contributed by atoms with Crippen molar-refractivity contribution in [1.82, 2.24) is 4.90 Å². The van der Waals surface area contributed by atoms with Gasteiger partial charge in [-0.15, -0.1) is 0 Å². The summed E-state index contributed by atoms with van der Waals surface area (Å²) in [5.74, 6) is -1.12. The summed E-state index contributed by atoms with van der Waals surface area (Å²) in [7, 11) is 0. The maximum Gasteiger partial charge on any atom is 0.394 e. The number of hydrogen-bond donors (Lipinski definition) is 0. The van der Waals surface area contributed by atoms with Crippen LogP contribution >= 0.6 is 22.6 Å². The largest absolute Gasteiger partial charge is 0.394 e. The highest BCUT2D eigenvalue weighted by Crippen LogP contribution is 2.43. The van der Waals surface area contributed by atoms with Crippen LogP contribution in [-0.4, -0.2) is 33.6 Å². The summed E-state index contributed by atoms with van der Waals surface area (Å²) in [6, 6.07) is 2.50. The highest BCUT2D eigenvalue weighted by atomic mass is 127. The lowest BCUT2D eigenvalue weighted by molar-refractivity contribution is -0.215. The van der Waals surface area contributed by atoms with Crippen LogP contribution in [0.15, 0.2) is 0 Å². The molecule has 0 aromatic rings. The molecular weight excluding hydrogens is 356 g/mol. The van der Waals surface area contributed by atoms with Crippen molar-refractivity contribution in [3.05, 3.63) is 0 Å². The Morgan fingerprint density at radius 2 is 1.83 bits per heavy atom. The third-order valence-electron chi connectivity index (χ3n) is 4.14. The topological polar surface area (TPSA) is 27.0 Å². The molecule has 6 heteroatoms. The van der Waals surface area contributed by atoms with Crippen molar-refractivity contribution >= 4 is 22.6 Å². The van der Waals surface area contributed by atoms with Crippen LogP contribution < -0.4 is 0 Å². The molecule has 2 rings (SSSR count). The number of halogens is 4. The number of nitrogens with zero attached hydrogens (tertiary/aromatic N) is 2. The number of hydrogen-bond acceptors (Lipinski definition) is 2. The van der Waals surface area contributed by atoms with Gasteiger partial charge in [-0.2, -0.15) is 18.4 Å². The average Bonchev–Trinajstić information content (AvgIpc) is 2.17. The lowest BCUT2D eigenvalue weighted by Crippen LogP contribution is -2.58. The molecule has 0 aromatic carbocycles. The van der Waals surface area contributed by atoms with Gasteiger partial charge < -0.3 is 0 Å². The summed E-state index contributed by atoms with van der Waals surface area (Å²) < 4.78 is 37.3. The highest BCUT2D eigenvalue weighted by Gasteiger charge is 2.49.